The monoisotopic (exact) mass is 494 g/mol. The van der Waals surface area contributed by atoms with Gasteiger partial charge < -0.3 is 9.30 Å². The van der Waals surface area contributed by atoms with Gasteiger partial charge in [-0.2, -0.15) is 4.99 Å². The van der Waals surface area contributed by atoms with Crippen LogP contribution in [0.3, 0.4) is 0 Å². The summed E-state index contributed by atoms with van der Waals surface area (Å²) in [6.07, 6.45) is 7.68. The molecule has 0 atom stereocenters. The maximum absolute atomic E-state index is 13.4. The average molecular weight is 495 g/mol. The Labute approximate surface area is 208 Å². The number of hydrogen-bond acceptors (Lipinski definition) is 6. The van der Waals surface area contributed by atoms with Crippen molar-refractivity contribution in [2.75, 3.05) is 12.4 Å². The molecule has 0 aliphatic rings. The molecule has 0 spiro atoms. The summed E-state index contributed by atoms with van der Waals surface area (Å²) < 4.78 is 8.44. The molecule has 3 rings (SSSR count). The molecule has 3 aromatic rings. The van der Waals surface area contributed by atoms with Crippen molar-refractivity contribution in [2.45, 2.75) is 46.6 Å². The van der Waals surface area contributed by atoms with Crippen molar-refractivity contribution in [3.63, 3.8) is 0 Å². The van der Waals surface area contributed by atoms with Gasteiger partial charge in [0, 0.05) is 12.7 Å². The second-order valence-electron chi connectivity index (χ2n) is 7.88. The molecule has 3 heterocycles. The number of pyridine rings is 2. The Bertz CT molecular complexity index is 1420. The molecule has 0 radical (unpaired) electrons. The van der Waals surface area contributed by atoms with Gasteiger partial charge in [-0.05, 0) is 43.4 Å². The number of aromatic nitrogens is 3. The number of thioether (sulfide) groups is 1. The zero-order chi connectivity index (χ0) is 25.4. The lowest BCUT2D eigenvalue weighted by Crippen LogP contribution is -2.33. The number of esters is 1. The van der Waals surface area contributed by atoms with Crippen molar-refractivity contribution in [3.8, 4) is 0 Å². The van der Waals surface area contributed by atoms with Gasteiger partial charge in [-0.25, -0.2) is 9.78 Å². The SMILES string of the molecule is C=C/C=C/SCC(=O)N=c1c(C(=O)OCC)cc2c(=O)n3cccc(C)c3nc2n1CCCCC. The number of rotatable bonds is 10. The first-order chi connectivity index (χ1) is 16.9. The van der Waals surface area contributed by atoms with Gasteiger partial charge in [-0.1, -0.05) is 44.6 Å². The van der Waals surface area contributed by atoms with Crippen molar-refractivity contribution in [1.29, 1.82) is 0 Å². The van der Waals surface area contributed by atoms with Gasteiger partial charge in [0.15, 0.2) is 5.49 Å². The lowest BCUT2D eigenvalue weighted by atomic mass is 10.2. The van der Waals surface area contributed by atoms with Crippen LogP contribution in [-0.2, 0) is 16.1 Å². The average Bonchev–Trinajstić information content (AvgIpc) is 2.84. The zero-order valence-electron chi connectivity index (χ0n) is 20.3. The van der Waals surface area contributed by atoms with Gasteiger partial charge in [-0.15, -0.1) is 11.8 Å². The molecule has 0 unspecified atom stereocenters. The second kappa shape index (κ2) is 12.3. The summed E-state index contributed by atoms with van der Waals surface area (Å²) >= 11 is 1.28. The van der Waals surface area contributed by atoms with Crippen LogP contribution >= 0.6 is 11.8 Å². The largest absolute Gasteiger partial charge is 0.462 e. The van der Waals surface area contributed by atoms with Crippen molar-refractivity contribution in [3.05, 3.63) is 75.5 Å². The Morgan fingerprint density at radius 1 is 1.26 bits per heavy atom. The van der Waals surface area contributed by atoms with Gasteiger partial charge in [0.2, 0.25) is 0 Å². The third-order valence-corrected chi connectivity index (χ3v) is 6.10. The van der Waals surface area contributed by atoms with Gasteiger partial charge in [-0.3, -0.25) is 14.0 Å². The van der Waals surface area contributed by atoms with E-state index < -0.39 is 11.9 Å². The van der Waals surface area contributed by atoms with E-state index in [0.29, 0.717) is 17.8 Å². The highest BCUT2D eigenvalue weighted by atomic mass is 32.2. The van der Waals surface area contributed by atoms with E-state index in [-0.39, 0.29) is 34.4 Å². The van der Waals surface area contributed by atoms with E-state index >= 15 is 0 Å². The Kier molecular flexibility index (Phi) is 9.19. The Hall–Kier alpha value is -3.46. The first kappa shape index (κ1) is 26.2. The van der Waals surface area contributed by atoms with Crippen LogP contribution in [0.25, 0.3) is 16.7 Å². The van der Waals surface area contributed by atoms with Crippen molar-refractivity contribution >= 4 is 40.3 Å². The molecule has 0 fully saturated rings. The van der Waals surface area contributed by atoms with Crippen LogP contribution in [0.2, 0.25) is 0 Å². The van der Waals surface area contributed by atoms with E-state index in [0.717, 1.165) is 24.8 Å². The minimum atomic E-state index is -0.641. The molecule has 8 nitrogen and oxygen atoms in total. The van der Waals surface area contributed by atoms with Gasteiger partial charge in [0.1, 0.15) is 16.9 Å². The summed E-state index contributed by atoms with van der Waals surface area (Å²) in [7, 11) is 0. The summed E-state index contributed by atoms with van der Waals surface area (Å²) in [5, 5.41) is 2.02. The van der Waals surface area contributed by atoms with Crippen LogP contribution in [0.5, 0.6) is 0 Å². The Balaban J connectivity index is 2.37. The molecule has 0 bridgehead atoms. The lowest BCUT2D eigenvalue weighted by molar-refractivity contribution is -0.115. The van der Waals surface area contributed by atoms with E-state index in [2.05, 4.69) is 18.5 Å². The van der Waals surface area contributed by atoms with E-state index in [9.17, 15) is 14.4 Å². The highest BCUT2D eigenvalue weighted by molar-refractivity contribution is 8.02. The summed E-state index contributed by atoms with van der Waals surface area (Å²) in [4.78, 5) is 48.2. The molecule has 1 amide bonds. The van der Waals surface area contributed by atoms with Crippen molar-refractivity contribution < 1.29 is 14.3 Å². The van der Waals surface area contributed by atoms with Gasteiger partial charge >= 0.3 is 5.97 Å². The Morgan fingerprint density at radius 3 is 2.77 bits per heavy atom. The predicted octanol–water partition coefficient (Wildman–Crippen LogP) is 4.18. The number of hydrogen-bond donors (Lipinski definition) is 0. The number of ether oxygens (including phenoxy) is 1. The molecule has 0 aliphatic heterocycles. The van der Waals surface area contributed by atoms with Crippen LogP contribution in [0, 0.1) is 6.92 Å². The molecule has 0 saturated carbocycles. The normalized spacial score (nSPS) is 12.0. The first-order valence-electron chi connectivity index (χ1n) is 11.6. The summed E-state index contributed by atoms with van der Waals surface area (Å²) in [5.41, 5.74) is 1.67. The lowest BCUT2D eigenvalue weighted by Gasteiger charge is -2.15. The maximum Gasteiger partial charge on any atom is 0.341 e. The predicted molar refractivity (Wildman–Crippen MR) is 140 cm³/mol. The highest BCUT2D eigenvalue weighted by Crippen LogP contribution is 2.15. The highest BCUT2D eigenvalue weighted by Gasteiger charge is 2.20. The topological polar surface area (TPSA) is 95.0 Å². The van der Waals surface area contributed by atoms with E-state index in [1.165, 1.54) is 22.2 Å². The van der Waals surface area contributed by atoms with Crippen LogP contribution in [0.4, 0.5) is 0 Å². The summed E-state index contributed by atoms with van der Waals surface area (Å²) in [6.45, 7) is 9.87. The molecule has 184 valence electrons. The second-order valence-corrected chi connectivity index (χ2v) is 8.77. The summed E-state index contributed by atoms with van der Waals surface area (Å²) in [6, 6.07) is 5.11. The fourth-order valence-corrected chi connectivity index (χ4v) is 4.20. The fraction of sp³-hybridized carbons (Fsp3) is 0.346. The van der Waals surface area contributed by atoms with E-state index in [1.807, 2.05) is 13.0 Å². The van der Waals surface area contributed by atoms with Crippen LogP contribution in [-0.4, -0.2) is 38.2 Å². The Morgan fingerprint density at radius 2 is 2.06 bits per heavy atom. The number of carbonyl (C=O) groups excluding carboxylic acids is 2. The molecule has 9 heteroatoms. The first-order valence-corrected chi connectivity index (χ1v) is 12.7. The van der Waals surface area contributed by atoms with Crippen LogP contribution in [0.15, 0.2) is 58.3 Å². The molecule has 35 heavy (non-hydrogen) atoms. The van der Waals surface area contributed by atoms with Crippen molar-refractivity contribution in [1.82, 2.24) is 14.0 Å². The number of amides is 1. The summed E-state index contributed by atoms with van der Waals surface area (Å²) in [5.74, 6) is -0.961. The minimum absolute atomic E-state index is 0.0716. The standard InChI is InChI=1S/C26H30N4O4S/c1-5-8-10-13-29-23-19(25(32)30-14-11-12-18(4)22(30)28-23)16-20(26(33)34-7-3)24(29)27-21(31)17-35-15-9-6-2/h6,9,11-12,14-16H,2,5,7-8,10,13,17H2,1,3-4H3/b15-9+,27-24?. The molecule has 0 saturated heterocycles. The molecule has 0 N–H and O–H groups in total. The van der Waals surface area contributed by atoms with Gasteiger partial charge in [0.25, 0.3) is 11.5 Å². The molecule has 0 aliphatic carbocycles. The van der Waals surface area contributed by atoms with Crippen LogP contribution in [0.1, 0.15) is 49.0 Å². The number of allylic oxidation sites excluding steroid dienone is 2. The smallest absolute Gasteiger partial charge is 0.341 e. The number of fused-ring (bicyclic) bond motifs is 2. The number of unbranched alkanes of at least 4 members (excludes halogenated alkanes) is 2. The fourth-order valence-electron chi connectivity index (χ4n) is 3.68. The number of nitrogens with zero attached hydrogens (tertiary/aromatic N) is 4. The van der Waals surface area contributed by atoms with Crippen LogP contribution < -0.4 is 11.0 Å². The molecular formula is C26H30N4O4S. The number of aryl methyl sites for hydroxylation is 2. The zero-order valence-corrected chi connectivity index (χ0v) is 21.1. The van der Waals surface area contributed by atoms with E-state index in [4.69, 9.17) is 9.72 Å². The molecule has 0 aromatic carbocycles. The minimum Gasteiger partial charge on any atom is -0.462 e. The van der Waals surface area contributed by atoms with E-state index in [1.54, 1.807) is 41.3 Å². The quantitative estimate of drug-likeness (QED) is 0.182. The molecular weight excluding hydrogens is 464 g/mol. The van der Waals surface area contributed by atoms with Crippen molar-refractivity contribution in [2.24, 2.45) is 4.99 Å². The van der Waals surface area contributed by atoms with Gasteiger partial charge in [0.05, 0.1) is 17.7 Å². The third kappa shape index (κ3) is 5.97. The third-order valence-electron chi connectivity index (χ3n) is 5.33. The number of carbonyl (C=O) groups is 2. The maximum atomic E-state index is 13.4. The molecule has 3 aromatic heterocycles.